The zero-order valence-corrected chi connectivity index (χ0v) is 18.9. The first-order chi connectivity index (χ1) is 15.5. The molecule has 1 aromatic heterocycles. The van der Waals surface area contributed by atoms with E-state index in [1.165, 1.54) is 5.56 Å². The Morgan fingerprint density at radius 2 is 1.84 bits per heavy atom. The van der Waals surface area contributed by atoms with Gasteiger partial charge in [-0.05, 0) is 30.0 Å². The molecule has 168 valence electrons. The van der Waals surface area contributed by atoms with Crippen LogP contribution in [0.3, 0.4) is 0 Å². The van der Waals surface area contributed by atoms with E-state index >= 15 is 0 Å². The Bertz CT molecular complexity index is 1040. The van der Waals surface area contributed by atoms with E-state index in [1.54, 1.807) is 30.5 Å². The Balaban J connectivity index is 1.56. The molecule has 0 bridgehead atoms. The fourth-order valence-corrected chi connectivity index (χ4v) is 3.18. The third kappa shape index (κ3) is 6.30. The van der Waals surface area contributed by atoms with Crippen molar-refractivity contribution in [2.75, 3.05) is 11.9 Å². The van der Waals surface area contributed by atoms with Crippen molar-refractivity contribution >= 4 is 17.6 Å². The molecule has 0 aliphatic rings. The lowest BCUT2D eigenvalue weighted by Gasteiger charge is -2.10. The van der Waals surface area contributed by atoms with Gasteiger partial charge in [0.25, 0.3) is 0 Å². The van der Waals surface area contributed by atoms with Crippen LogP contribution in [0.2, 0.25) is 0 Å². The number of oxazole rings is 1. The Morgan fingerprint density at radius 1 is 1.09 bits per heavy atom. The van der Waals surface area contributed by atoms with Crippen molar-refractivity contribution in [3.63, 3.8) is 0 Å². The first kappa shape index (κ1) is 23.3. The minimum atomic E-state index is -0.435. The highest BCUT2D eigenvalue weighted by Gasteiger charge is 2.15. The Hall–Kier alpha value is -3.41. The van der Waals surface area contributed by atoms with E-state index in [-0.39, 0.29) is 12.3 Å². The van der Waals surface area contributed by atoms with Gasteiger partial charge in [-0.25, -0.2) is 9.78 Å². The molecule has 3 aromatic rings. The van der Waals surface area contributed by atoms with E-state index in [0.29, 0.717) is 41.8 Å². The highest BCUT2D eigenvalue weighted by atomic mass is 16.5. The van der Waals surface area contributed by atoms with Crippen LogP contribution in [-0.4, -0.2) is 23.5 Å². The lowest BCUT2D eigenvalue weighted by Crippen LogP contribution is -2.16. The lowest BCUT2D eigenvalue weighted by atomic mass is 10.0. The predicted molar refractivity (Wildman–Crippen MR) is 125 cm³/mol. The molecule has 0 atom stereocenters. The summed E-state index contributed by atoms with van der Waals surface area (Å²) in [6, 6.07) is 15.1. The van der Waals surface area contributed by atoms with E-state index in [1.807, 2.05) is 19.1 Å². The second kappa shape index (κ2) is 11.3. The molecule has 0 spiro atoms. The normalized spacial score (nSPS) is 10.9. The number of unbranched alkanes of at least 4 members (excludes halogenated alkanes) is 1. The average Bonchev–Trinajstić information content (AvgIpc) is 3.27. The van der Waals surface area contributed by atoms with E-state index < -0.39 is 5.97 Å². The molecule has 32 heavy (non-hydrogen) atoms. The summed E-state index contributed by atoms with van der Waals surface area (Å²) in [7, 11) is 0. The third-order valence-corrected chi connectivity index (χ3v) is 5.13. The predicted octanol–water partition coefficient (Wildman–Crippen LogP) is 5.99. The molecule has 1 heterocycles. The maximum Gasteiger partial charge on any atom is 0.340 e. The minimum absolute atomic E-state index is 0.186. The van der Waals surface area contributed by atoms with Gasteiger partial charge in [-0.1, -0.05) is 63.6 Å². The van der Waals surface area contributed by atoms with Crippen LogP contribution in [0.1, 0.15) is 67.8 Å². The molecular formula is C26H30N2O4. The van der Waals surface area contributed by atoms with Crippen molar-refractivity contribution in [2.45, 2.75) is 52.4 Å². The van der Waals surface area contributed by atoms with E-state index in [9.17, 15) is 9.59 Å². The molecule has 0 radical (unpaired) electrons. The Morgan fingerprint density at radius 3 is 2.56 bits per heavy atom. The quantitative estimate of drug-likeness (QED) is 0.313. The van der Waals surface area contributed by atoms with E-state index in [2.05, 4.69) is 36.3 Å². The van der Waals surface area contributed by atoms with Gasteiger partial charge in [-0.3, -0.25) is 4.79 Å². The molecule has 3 rings (SSSR count). The number of benzene rings is 2. The molecule has 0 saturated heterocycles. The van der Waals surface area contributed by atoms with Gasteiger partial charge in [-0.2, -0.15) is 0 Å². The number of rotatable bonds is 10. The topological polar surface area (TPSA) is 81.4 Å². The van der Waals surface area contributed by atoms with Gasteiger partial charge in [0.1, 0.15) is 0 Å². The van der Waals surface area contributed by atoms with Crippen molar-refractivity contribution in [3.05, 3.63) is 71.7 Å². The van der Waals surface area contributed by atoms with Crippen LogP contribution >= 0.6 is 0 Å². The van der Waals surface area contributed by atoms with Crippen LogP contribution in [0.5, 0.6) is 0 Å². The molecule has 0 saturated carbocycles. The molecule has 2 aromatic carbocycles. The smallest absolute Gasteiger partial charge is 0.340 e. The molecule has 6 nitrogen and oxygen atoms in total. The number of hydrogen-bond acceptors (Lipinski definition) is 5. The van der Waals surface area contributed by atoms with Gasteiger partial charge in [0.2, 0.25) is 5.91 Å². The van der Waals surface area contributed by atoms with Crippen molar-refractivity contribution in [3.8, 4) is 11.3 Å². The van der Waals surface area contributed by atoms with Gasteiger partial charge in [0.15, 0.2) is 11.7 Å². The van der Waals surface area contributed by atoms with Crippen LogP contribution < -0.4 is 5.32 Å². The number of para-hydroxylation sites is 1. The fraction of sp³-hybridized carbons (Fsp3) is 0.346. The van der Waals surface area contributed by atoms with Crippen LogP contribution in [0.15, 0.2) is 59.1 Å². The number of esters is 1. The standard InChI is InChI=1S/C26H30N2O4/c1-4-5-16-31-26(30)21-8-6-7-9-22(21)28-24(29)14-15-25-27-17-23(32-25)20-12-10-19(11-13-20)18(2)3/h6-13,17-18H,4-5,14-16H2,1-3H3,(H,28,29). The number of hydrogen-bond donors (Lipinski definition) is 1. The molecule has 0 aliphatic carbocycles. The Labute approximate surface area is 189 Å². The maximum atomic E-state index is 12.5. The summed E-state index contributed by atoms with van der Waals surface area (Å²) in [6.07, 6.45) is 3.97. The highest BCUT2D eigenvalue weighted by molar-refractivity contribution is 6.01. The summed E-state index contributed by atoms with van der Waals surface area (Å²) in [5.74, 6) is 0.984. The summed E-state index contributed by atoms with van der Waals surface area (Å²) in [4.78, 5) is 29.1. The molecule has 0 unspecified atom stereocenters. The third-order valence-electron chi connectivity index (χ3n) is 5.13. The SMILES string of the molecule is CCCCOC(=O)c1ccccc1NC(=O)CCc1ncc(-c2ccc(C(C)C)cc2)o1. The monoisotopic (exact) mass is 434 g/mol. The molecule has 1 N–H and O–H groups in total. The first-order valence-corrected chi connectivity index (χ1v) is 11.1. The fourth-order valence-electron chi connectivity index (χ4n) is 3.18. The van der Waals surface area contributed by atoms with Gasteiger partial charge in [-0.15, -0.1) is 0 Å². The Kier molecular flexibility index (Phi) is 8.20. The van der Waals surface area contributed by atoms with E-state index in [0.717, 1.165) is 18.4 Å². The second-order valence-electron chi connectivity index (χ2n) is 7.98. The summed E-state index contributed by atoms with van der Waals surface area (Å²) in [6.45, 7) is 6.70. The largest absolute Gasteiger partial charge is 0.462 e. The van der Waals surface area contributed by atoms with Crippen molar-refractivity contribution < 1.29 is 18.7 Å². The summed E-state index contributed by atoms with van der Waals surface area (Å²) in [5, 5.41) is 2.80. The number of ether oxygens (including phenoxy) is 1. The zero-order valence-electron chi connectivity index (χ0n) is 18.9. The van der Waals surface area contributed by atoms with Crippen LogP contribution in [0.25, 0.3) is 11.3 Å². The van der Waals surface area contributed by atoms with Gasteiger partial charge >= 0.3 is 5.97 Å². The number of carbonyl (C=O) groups is 2. The molecule has 6 heteroatoms. The van der Waals surface area contributed by atoms with Gasteiger partial charge in [0, 0.05) is 18.4 Å². The number of anilines is 1. The van der Waals surface area contributed by atoms with Crippen molar-refractivity contribution in [1.29, 1.82) is 0 Å². The van der Waals surface area contributed by atoms with Crippen LogP contribution in [-0.2, 0) is 16.0 Å². The van der Waals surface area contributed by atoms with Crippen LogP contribution in [0.4, 0.5) is 5.69 Å². The number of carbonyl (C=O) groups excluding carboxylic acids is 2. The number of aryl methyl sites for hydroxylation is 1. The molecule has 1 amide bonds. The first-order valence-electron chi connectivity index (χ1n) is 11.1. The molecular weight excluding hydrogens is 404 g/mol. The number of nitrogens with zero attached hydrogens (tertiary/aromatic N) is 1. The average molecular weight is 435 g/mol. The minimum Gasteiger partial charge on any atom is -0.462 e. The van der Waals surface area contributed by atoms with E-state index in [4.69, 9.17) is 9.15 Å². The zero-order chi connectivity index (χ0) is 22.9. The summed E-state index contributed by atoms with van der Waals surface area (Å²) >= 11 is 0. The number of nitrogens with one attached hydrogen (secondary N) is 1. The number of amides is 1. The van der Waals surface area contributed by atoms with Crippen molar-refractivity contribution in [1.82, 2.24) is 4.98 Å². The van der Waals surface area contributed by atoms with Gasteiger partial charge in [0.05, 0.1) is 24.1 Å². The molecule has 0 fully saturated rings. The summed E-state index contributed by atoms with van der Waals surface area (Å²) in [5.41, 5.74) is 3.00. The number of aromatic nitrogens is 1. The van der Waals surface area contributed by atoms with Gasteiger partial charge < -0.3 is 14.5 Å². The maximum absolute atomic E-state index is 12.5. The second-order valence-corrected chi connectivity index (χ2v) is 7.98. The lowest BCUT2D eigenvalue weighted by molar-refractivity contribution is -0.116. The van der Waals surface area contributed by atoms with Crippen molar-refractivity contribution in [2.24, 2.45) is 0 Å². The summed E-state index contributed by atoms with van der Waals surface area (Å²) < 4.78 is 11.1. The highest BCUT2D eigenvalue weighted by Crippen LogP contribution is 2.24. The van der Waals surface area contributed by atoms with Crippen LogP contribution in [0, 0.1) is 0 Å². The molecule has 0 aliphatic heterocycles.